The summed E-state index contributed by atoms with van der Waals surface area (Å²) in [5, 5.41) is 13.9. The van der Waals surface area contributed by atoms with Gasteiger partial charge in [0.25, 0.3) is 5.69 Å². The van der Waals surface area contributed by atoms with Crippen LogP contribution in [0.1, 0.15) is 6.42 Å². The van der Waals surface area contributed by atoms with Crippen molar-refractivity contribution >= 4 is 50.0 Å². The van der Waals surface area contributed by atoms with E-state index >= 15 is 0 Å². The third kappa shape index (κ3) is 4.52. The molecule has 0 aliphatic carbocycles. The number of amides is 1. The molecule has 0 aliphatic heterocycles. The molecule has 128 valence electrons. The van der Waals surface area contributed by atoms with Crippen LogP contribution in [0.15, 0.2) is 47.4 Å². The highest BCUT2D eigenvalue weighted by Gasteiger charge is 2.12. The molecular weight excluding hydrogens is 365 g/mol. The van der Waals surface area contributed by atoms with Crippen LogP contribution < -0.4 is 5.32 Å². The number of anilines is 1. The van der Waals surface area contributed by atoms with E-state index in [4.69, 9.17) is 0 Å². The van der Waals surface area contributed by atoms with Crippen LogP contribution in [0.25, 0.3) is 10.2 Å². The Morgan fingerprint density at radius 2 is 2.04 bits per heavy atom. The highest BCUT2D eigenvalue weighted by molar-refractivity contribution is 7.99. The van der Waals surface area contributed by atoms with Crippen molar-refractivity contribution in [3.8, 4) is 0 Å². The quantitative estimate of drug-likeness (QED) is 0.389. The third-order valence-electron chi connectivity index (χ3n) is 3.24. The number of aromatic nitrogens is 1. The van der Waals surface area contributed by atoms with Gasteiger partial charge in [0.05, 0.1) is 15.1 Å². The van der Waals surface area contributed by atoms with E-state index in [9.17, 15) is 19.3 Å². The van der Waals surface area contributed by atoms with Crippen LogP contribution in [-0.2, 0) is 4.79 Å². The van der Waals surface area contributed by atoms with Crippen molar-refractivity contribution in [3.63, 3.8) is 0 Å². The van der Waals surface area contributed by atoms with Gasteiger partial charge in [-0.25, -0.2) is 9.37 Å². The Hall–Kier alpha value is -2.52. The second-order valence-electron chi connectivity index (χ2n) is 5.03. The number of thiazole rings is 1. The Kier molecular flexibility index (Phi) is 5.25. The van der Waals surface area contributed by atoms with Crippen LogP contribution in [0.2, 0.25) is 0 Å². The number of carbonyl (C=O) groups excluding carboxylic acids is 1. The minimum absolute atomic E-state index is 0.0358. The van der Waals surface area contributed by atoms with E-state index < -0.39 is 4.92 Å². The molecule has 1 amide bonds. The van der Waals surface area contributed by atoms with Crippen molar-refractivity contribution < 1.29 is 14.1 Å². The standard InChI is InChI=1S/C16H12FN3O3S2/c17-10-1-4-12(5-2-10)24-8-7-15(21)19-16-18-13-9-11(20(22)23)3-6-14(13)25-16/h1-6,9H,7-8H2,(H,18,19,21). The zero-order valence-electron chi connectivity index (χ0n) is 12.8. The van der Waals surface area contributed by atoms with Gasteiger partial charge < -0.3 is 5.32 Å². The summed E-state index contributed by atoms with van der Waals surface area (Å²) in [6.07, 6.45) is 0.276. The number of hydrogen-bond donors (Lipinski definition) is 1. The molecule has 1 heterocycles. The molecule has 0 unspecified atom stereocenters. The molecule has 1 aromatic heterocycles. The van der Waals surface area contributed by atoms with Crippen LogP contribution in [0.5, 0.6) is 0 Å². The number of fused-ring (bicyclic) bond motifs is 1. The number of benzene rings is 2. The summed E-state index contributed by atoms with van der Waals surface area (Å²) in [6.45, 7) is 0. The van der Waals surface area contributed by atoms with Gasteiger partial charge in [0.15, 0.2) is 5.13 Å². The zero-order chi connectivity index (χ0) is 17.8. The number of hydrogen-bond acceptors (Lipinski definition) is 6. The molecule has 0 atom stereocenters. The molecule has 0 saturated heterocycles. The number of thioether (sulfide) groups is 1. The average molecular weight is 377 g/mol. The minimum atomic E-state index is -0.482. The first-order chi connectivity index (χ1) is 12.0. The van der Waals surface area contributed by atoms with Gasteiger partial charge in [0.2, 0.25) is 5.91 Å². The van der Waals surface area contributed by atoms with Crippen LogP contribution in [0, 0.1) is 15.9 Å². The summed E-state index contributed by atoms with van der Waals surface area (Å²) in [6, 6.07) is 10.5. The van der Waals surface area contributed by atoms with Crippen molar-refractivity contribution in [3.05, 3.63) is 58.4 Å². The molecule has 0 fully saturated rings. The molecule has 0 radical (unpaired) electrons. The first-order valence-corrected chi connectivity index (χ1v) is 9.05. The van der Waals surface area contributed by atoms with E-state index in [1.54, 1.807) is 18.2 Å². The van der Waals surface area contributed by atoms with Gasteiger partial charge >= 0.3 is 0 Å². The third-order valence-corrected chi connectivity index (χ3v) is 5.21. The van der Waals surface area contributed by atoms with Gasteiger partial charge in [-0.1, -0.05) is 11.3 Å². The highest BCUT2D eigenvalue weighted by atomic mass is 32.2. The van der Waals surface area contributed by atoms with E-state index in [1.165, 1.54) is 47.4 Å². The number of non-ortho nitro benzene ring substituents is 1. The van der Waals surface area contributed by atoms with Gasteiger partial charge in [-0.15, -0.1) is 11.8 Å². The molecule has 0 bridgehead atoms. The number of halogens is 1. The lowest BCUT2D eigenvalue weighted by atomic mass is 10.3. The number of nitrogens with zero attached hydrogens (tertiary/aromatic N) is 2. The lowest BCUT2D eigenvalue weighted by molar-refractivity contribution is -0.384. The number of carbonyl (C=O) groups is 1. The van der Waals surface area contributed by atoms with E-state index in [2.05, 4.69) is 10.3 Å². The fourth-order valence-electron chi connectivity index (χ4n) is 2.06. The predicted molar refractivity (Wildman–Crippen MR) is 96.6 cm³/mol. The van der Waals surface area contributed by atoms with Gasteiger partial charge in [-0.3, -0.25) is 14.9 Å². The van der Waals surface area contributed by atoms with Gasteiger partial charge in [0, 0.05) is 29.2 Å². The van der Waals surface area contributed by atoms with E-state index in [0.717, 1.165) is 9.60 Å². The highest BCUT2D eigenvalue weighted by Crippen LogP contribution is 2.29. The molecule has 6 nitrogen and oxygen atoms in total. The van der Waals surface area contributed by atoms with Crippen molar-refractivity contribution in [1.29, 1.82) is 0 Å². The molecule has 9 heteroatoms. The molecular formula is C16H12FN3O3S2. The van der Waals surface area contributed by atoms with Crippen LogP contribution in [-0.4, -0.2) is 21.6 Å². The molecule has 3 aromatic rings. The second kappa shape index (κ2) is 7.58. The largest absolute Gasteiger partial charge is 0.302 e. The number of nitro benzene ring substituents is 1. The average Bonchev–Trinajstić information content (AvgIpc) is 2.97. The van der Waals surface area contributed by atoms with Gasteiger partial charge in [-0.05, 0) is 30.3 Å². The molecule has 0 spiro atoms. The van der Waals surface area contributed by atoms with Crippen LogP contribution in [0.4, 0.5) is 15.2 Å². The summed E-state index contributed by atoms with van der Waals surface area (Å²) in [7, 11) is 0. The molecule has 0 saturated carbocycles. The fourth-order valence-corrected chi connectivity index (χ4v) is 3.77. The van der Waals surface area contributed by atoms with Gasteiger partial charge in [-0.2, -0.15) is 0 Å². The Labute approximate surface area is 150 Å². The maximum atomic E-state index is 12.8. The number of rotatable bonds is 6. The molecule has 25 heavy (non-hydrogen) atoms. The maximum absolute atomic E-state index is 12.8. The summed E-state index contributed by atoms with van der Waals surface area (Å²) in [4.78, 5) is 27.4. The molecule has 1 N–H and O–H groups in total. The van der Waals surface area contributed by atoms with E-state index in [0.29, 0.717) is 16.4 Å². The molecule has 0 aliphatic rings. The SMILES string of the molecule is O=C(CCSc1ccc(F)cc1)Nc1nc2cc([N+](=O)[O-])ccc2s1. The molecule has 2 aromatic carbocycles. The van der Waals surface area contributed by atoms with Crippen LogP contribution in [0.3, 0.4) is 0 Å². The minimum Gasteiger partial charge on any atom is -0.302 e. The monoisotopic (exact) mass is 377 g/mol. The summed E-state index contributed by atoms with van der Waals surface area (Å²) < 4.78 is 13.6. The normalized spacial score (nSPS) is 10.8. The summed E-state index contributed by atoms with van der Waals surface area (Å²) in [5.74, 6) is 0.0646. The summed E-state index contributed by atoms with van der Waals surface area (Å²) >= 11 is 2.72. The number of nitrogens with one attached hydrogen (secondary N) is 1. The first kappa shape index (κ1) is 17.3. The van der Waals surface area contributed by atoms with Crippen molar-refractivity contribution in [2.24, 2.45) is 0 Å². The summed E-state index contributed by atoms with van der Waals surface area (Å²) in [5.41, 5.74) is 0.446. The Balaban J connectivity index is 1.56. The zero-order valence-corrected chi connectivity index (χ0v) is 14.4. The van der Waals surface area contributed by atoms with Crippen molar-refractivity contribution in [1.82, 2.24) is 4.98 Å². The lowest BCUT2D eigenvalue weighted by Gasteiger charge is -2.02. The Morgan fingerprint density at radius 3 is 2.76 bits per heavy atom. The first-order valence-electron chi connectivity index (χ1n) is 7.24. The van der Waals surface area contributed by atoms with Crippen molar-refractivity contribution in [2.75, 3.05) is 11.1 Å². The molecule has 3 rings (SSSR count). The topological polar surface area (TPSA) is 85.1 Å². The number of nitro groups is 1. The second-order valence-corrected chi connectivity index (χ2v) is 7.23. The maximum Gasteiger partial charge on any atom is 0.271 e. The van der Waals surface area contributed by atoms with Gasteiger partial charge in [0.1, 0.15) is 5.82 Å². The van der Waals surface area contributed by atoms with E-state index in [1.807, 2.05) is 0 Å². The van der Waals surface area contributed by atoms with Crippen molar-refractivity contribution in [2.45, 2.75) is 11.3 Å². The smallest absolute Gasteiger partial charge is 0.271 e. The Morgan fingerprint density at radius 1 is 1.28 bits per heavy atom. The lowest BCUT2D eigenvalue weighted by Crippen LogP contribution is -2.11. The van der Waals surface area contributed by atoms with Crippen LogP contribution >= 0.6 is 23.1 Å². The predicted octanol–water partition coefficient (Wildman–Crippen LogP) is 4.46. The Bertz CT molecular complexity index is 928. The van der Waals surface area contributed by atoms with E-state index in [-0.39, 0.29) is 23.8 Å². The fraction of sp³-hybridized carbons (Fsp3) is 0.125.